The first-order valence-corrected chi connectivity index (χ1v) is 19.4. The van der Waals surface area contributed by atoms with E-state index in [2.05, 4.69) is 68.6 Å². The lowest BCUT2D eigenvalue weighted by molar-refractivity contribution is -0.116. The molecule has 0 atom stereocenters. The number of hydrogen-bond donors (Lipinski definition) is 4. The van der Waals surface area contributed by atoms with Crippen LogP contribution in [0.2, 0.25) is 0 Å². The number of amides is 3. The second-order valence-electron chi connectivity index (χ2n) is 14.4. The van der Waals surface area contributed by atoms with Crippen molar-refractivity contribution in [3.8, 4) is 33.4 Å². The number of anilines is 2. The lowest BCUT2D eigenvalue weighted by Crippen LogP contribution is -2.39. The minimum absolute atomic E-state index is 0.109. The monoisotopic (exact) mass is 735 g/mol. The molecule has 9 heteroatoms. The maximum Gasteiger partial charge on any atom is 0.411 e. The molecule has 5 aromatic carbocycles. The molecule has 1 aliphatic heterocycles. The first-order chi connectivity index (χ1) is 27.0. The Labute approximate surface area is 323 Å². The van der Waals surface area contributed by atoms with E-state index in [1.54, 1.807) is 24.3 Å². The topological polar surface area (TPSA) is 112 Å². The molecule has 0 bridgehead atoms. The molecule has 282 valence electrons. The van der Waals surface area contributed by atoms with Crippen LogP contribution in [-0.4, -0.2) is 68.2 Å². The largest absolute Gasteiger partial charge is 0.446 e. The van der Waals surface area contributed by atoms with E-state index in [0.717, 1.165) is 65.5 Å². The standard InChI is InChI=1S/C46H49N5O4/c52-43(49-37-16-9-15-36(31-37)45(53)48-27-26-47-32-33-21-22-33)25-30-51-28-23-38(24-29-51)55-46(54)50-42-20-10-19-40(35-13-5-2-6-14-35)44(42)41-18-8-7-17-39(41)34-11-3-1-4-12-34/h1-20,31,33,38,47H,21-30,32H2,(H,48,53)(H,49,52)(H,50,54). The number of ether oxygens (including phenoxy) is 1. The summed E-state index contributed by atoms with van der Waals surface area (Å²) in [6, 6.07) is 41.8. The summed E-state index contributed by atoms with van der Waals surface area (Å²) in [4.78, 5) is 41.2. The Bertz CT molecular complexity index is 2060. The Kier molecular flexibility index (Phi) is 12.6. The Morgan fingerprint density at radius 3 is 2.04 bits per heavy atom. The third kappa shape index (κ3) is 10.5. The molecule has 2 aliphatic rings. The molecular weight excluding hydrogens is 687 g/mol. The summed E-state index contributed by atoms with van der Waals surface area (Å²) in [5.74, 6) is 0.537. The van der Waals surface area contributed by atoms with Crippen LogP contribution >= 0.6 is 0 Å². The third-order valence-electron chi connectivity index (χ3n) is 10.3. The second kappa shape index (κ2) is 18.5. The van der Waals surface area contributed by atoms with Gasteiger partial charge in [0.1, 0.15) is 6.10 Å². The lowest BCUT2D eigenvalue weighted by Gasteiger charge is -2.31. The van der Waals surface area contributed by atoms with Gasteiger partial charge in [-0.25, -0.2) is 4.79 Å². The van der Waals surface area contributed by atoms with Crippen molar-refractivity contribution in [1.82, 2.24) is 15.5 Å². The Balaban J connectivity index is 0.912. The number of piperidine rings is 1. The number of carbonyl (C=O) groups is 3. The molecule has 1 heterocycles. The van der Waals surface area contributed by atoms with Crippen molar-refractivity contribution < 1.29 is 19.1 Å². The molecule has 9 nitrogen and oxygen atoms in total. The van der Waals surface area contributed by atoms with Crippen molar-refractivity contribution in [2.75, 3.05) is 49.9 Å². The summed E-state index contributed by atoms with van der Waals surface area (Å²) in [6.07, 6.45) is 3.55. The molecule has 0 aromatic heterocycles. The summed E-state index contributed by atoms with van der Waals surface area (Å²) in [7, 11) is 0. The number of rotatable bonds is 15. The molecule has 1 aliphatic carbocycles. The van der Waals surface area contributed by atoms with Crippen LogP contribution in [0, 0.1) is 5.92 Å². The molecule has 55 heavy (non-hydrogen) atoms. The molecular formula is C46H49N5O4. The zero-order valence-corrected chi connectivity index (χ0v) is 31.1. The molecule has 7 rings (SSSR count). The van der Waals surface area contributed by atoms with Gasteiger partial charge in [0.2, 0.25) is 5.91 Å². The molecule has 4 N–H and O–H groups in total. The molecule has 0 radical (unpaired) electrons. The second-order valence-corrected chi connectivity index (χ2v) is 14.4. The van der Waals surface area contributed by atoms with Crippen LogP contribution in [0.1, 0.15) is 42.5 Å². The van der Waals surface area contributed by atoms with E-state index in [1.165, 1.54) is 12.8 Å². The van der Waals surface area contributed by atoms with Crippen LogP contribution in [0.3, 0.4) is 0 Å². The van der Waals surface area contributed by atoms with Gasteiger partial charge in [0.15, 0.2) is 0 Å². The number of benzene rings is 5. The van der Waals surface area contributed by atoms with Crippen molar-refractivity contribution in [2.24, 2.45) is 5.92 Å². The van der Waals surface area contributed by atoms with E-state index in [9.17, 15) is 14.4 Å². The van der Waals surface area contributed by atoms with Gasteiger partial charge in [0.25, 0.3) is 5.91 Å². The number of likely N-dealkylation sites (tertiary alicyclic amines) is 1. The fourth-order valence-electron chi connectivity index (χ4n) is 7.13. The summed E-state index contributed by atoms with van der Waals surface area (Å²) < 4.78 is 5.99. The average molecular weight is 736 g/mol. The zero-order chi connectivity index (χ0) is 37.8. The first-order valence-electron chi connectivity index (χ1n) is 19.4. The quantitative estimate of drug-likeness (QED) is 0.0804. The van der Waals surface area contributed by atoms with E-state index >= 15 is 0 Å². The van der Waals surface area contributed by atoms with Crippen molar-refractivity contribution in [3.63, 3.8) is 0 Å². The highest BCUT2D eigenvalue weighted by atomic mass is 16.6. The molecule has 0 unspecified atom stereocenters. The van der Waals surface area contributed by atoms with Crippen molar-refractivity contribution in [3.05, 3.63) is 133 Å². The van der Waals surface area contributed by atoms with Crippen LogP contribution in [0.25, 0.3) is 33.4 Å². The van der Waals surface area contributed by atoms with Gasteiger partial charge in [0, 0.05) is 56.0 Å². The van der Waals surface area contributed by atoms with Crippen molar-refractivity contribution in [1.29, 1.82) is 0 Å². The SMILES string of the molecule is O=C(CCN1CCC(OC(=O)Nc2cccc(-c3ccccc3)c2-c2ccccc2-c2ccccc2)CC1)Nc1cccc(C(=O)NCCNCC2CC2)c1. The highest BCUT2D eigenvalue weighted by molar-refractivity contribution is 6.02. The normalized spacial score (nSPS) is 14.5. The van der Waals surface area contributed by atoms with Crippen LogP contribution in [0.4, 0.5) is 16.2 Å². The zero-order valence-electron chi connectivity index (χ0n) is 31.1. The van der Waals surface area contributed by atoms with E-state index in [0.29, 0.717) is 49.3 Å². The molecule has 1 saturated carbocycles. The smallest absolute Gasteiger partial charge is 0.411 e. The maximum atomic E-state index is 13.5. The van der Waals surface area contributed by atoms with E-state index in [1.807, 2.05) is 60.7 Å². The van der Waals surface area contributed by atoms with Crippen LogP contribution in [0.15, 0.2) is 127 Å². The minimum atomic E-state index is -0.484. The van der Waals surface area contributed by atoms with Gasteiger partial charge in [0.05, 0.1) is 5.69 Å². The van der Waals surface area contributed by atoms with Gasteiger partial charge in [-0.1, -0.05) is 103 Å². The van der Waals surface area contributed by atoms with Gasteiger partial charge in [-0.05, 0) is 90.2 Å². The molecule has 3 amide bonds. The van der Waals surface area contributed by atoms with Crippen LogP contribution in [0.5, 0.6) is 0 Å². The van der Waals surface area contributed by atoms with Gasteiger partial charge >= 0.3 is 6.09 Å². The Hall–Kier alpha value is -5.77. The lowest BCUT2D eigenvalue weighted by atomic mass is 9.88. The molecule has 2 fully saturated rings. The summed E-state index contributed by atoms with van der Waals surface area (Å²) in [6.45, 7) is 4.34. The average Bonchev–Trinajstić information content (AvgIpc) is 4.06. The van der Waals surface area contributed by atoms with E-state index in [-0.39, 0.29) is 17.9 Å². The summed E-state index contributed by atoms with van der Waals surface area (Å²) in [5.41, 5.74) is 7.98. The fourth-order valence-corrected chi connectivity index (χ4v) is 7.13. The number of hydrogen-bond acceptors (Lipinski definition) is 6. The highest BCUT2D eigenvalue weighted by Gasteiger charge is 2.25. The van der Waals surface area contributed by atoms with Crippen molar-refractivity contribution in [2.45, 2.75) is 38.2 Å². The Morgan fingerprint density at radius 2 is 1.31 bits per heavy atom. The van der Waals surface area contributed by atoms with Crippen molar-refractivity contribution >= 4 is 29.3 Å². The summed E-state index contributed by atoms with van der Waals surface area (Å²) >= 11 is 0. The predicted molar refractivity (Wildman–Crippen MR) is 220 cm³/mol. The summed E-state index contributed by atoms with van der Waals surface area (Å²) in [5, 5.41) is 12.3. The molecule has 1 saturated heterocycles. The highest BCUT2D eigenvalue weighted by Crippen LogP contribution is 2.42. The van der Waals surface area contributed by atoms with Gasteiger partial charge in [-0.15, -0.1) is 0 Å². The van der Waals surface area contributed by atoms with Gasteiger partial charge in [-0.3, -0.25) is 14.9 Å². The maximum absolute atomic E-state index is 13.5. The van der Waals surface area contributed by atoms with Gasteiger partial charge in [-0.2, -0.15) is 0 Å². The molecule has 0 spiro atoms. The van der Waals surface area contributed by atoms with E-state index < -0.39 is 6.09 Å². The Morgan fingerprint density at radius 1 is 0.655 bits per heavy atom. The number of carbonyl (C=O) groups excluding carboxylic acids is 3. The fraction of sp³-hybridized carbons (Fsp3) is 0.283. The molecule has 5 aromatic rings. The van der Waals surface area contributed by atoms with Gasteiger partial charge < -0.3 is 25.6 Å². The number of nitrogens with one attached hydrogen (secondary N) is 4. The van der Waals surface area contributed by atoms with E-state index in [4.69, 9.17) is 4.74 Å². The minimum Gasteiger partial charge on any atom is -0.446 e. The third-order valence-corrected chi connectivity index (χ3v) is 10.3. The van der Waals surface area contributed by atoms with Crippen LogP contribution < -0.4 is 21.3 Å². The number of nitrogens with zero attached hydrogens (tertiary/aromatic N) is 1. The van der Waals surface area contributed by atoms with Crippen LogP contribution in [-0.2, 0) is 9.53 Å². The first kappa shape index (κ1) is 37.5. The predicted octanol–water partition coefficient (Wildman–Crippen LogP) is 8.46.